The van der Waals surface area contributed by atoms with E-state index in [0.29, 0.717) is 25.2 Å². The number of ether oxygens (including phenoxy) is 1. The lowest BCUT2D eigenvalue weighted by Crippen LogP contribution is -2.52. The maximum Gasteiger partial charge on any atom is 0.315 e. The predicted octanol–water partition coefficient (Wildman–Crippen LogP) is 0.418. The molecule has 0 aromatic carbocycles. The van der Waals surface area contributed by atoms with Crippen molar-refractivity contribution in [1.82, 2.24) is 15.5 Å². The predicted molar refractivity (Wildman–Crippen MR) is 71.3 cm³/mol. The molecule has 0 radical (unpaired) electrons. The average molecular weight is 253 g/mol. The van der Waals surface area contributed by atoms with Crippen LogP contribution in [0.3, 0.4) is 0 Å². The molecule has 0 saturated carbocycles. The summed E-state index contributed by atoms with van der Waals surface area (Å²) < 4.78 is 5.40. The Labute approximate surface area is 109 Å². The Morgan fingerprint density at radius 1 is 1.56 bits per heavy atom. The summed E-state index contributed by atoms with van der Waals surface area (Å²) in [5, 5.41) is 5.55. The monoisotopic (exact) mass is 253 g/mol. The third kappa shape index (κ3) is 4.94. The number of urea groups is 1. The highest BCUT2D eigenvalue weighted by Gasteiger charge is 2.23. The zero-order valence-corrected chi connectivity index (χ0v) is 11.5. The molecule has 1 aliphatic rings. The normalized spacial score (nSPS) is 21.6. The van der Waals surface area contributed by atoms with Crippen molar-refractivity contribution in [3.63, 3.8) is 0 Å². The average Bonchev–Trinajstić information content (AvgIpc) is 2.37. The number of nitrogens with zero attached hydrogens (tertiary/aromatic N) is 1. The minimum absolute atomic E-state index is 0.162. The van der Waals surface area contributed by atoms with Gasteiger partial charge in [-0.15, -0.1) is 5.92 Å². The van der Waals surface area contributed by atoms with E-state index in [0.717, 1.165) is 19.8 Å². The molecule has 2 atom stereocenters. The van der Waals surface area contributed by atoms with Crippen LogP contribution in [0.15, 0.2) is 0 Å². The van der Waals surface area contributed by atoms with E-state index in [1.165, 1.54) is 0 Å². The molecule has 1 heterocycles. The molecule has 1 rings (SSSR count). The van der Waals surface area contributed by atoms with Gasteiger partial charge in [0.05, 0.1) is 19.8 Å². The smallest absolute Gasteiger partial charge is 0.315 e. The lowest BCUT2D eigenvalue weighted by molar-refractivity contribution is -0.0176. The quantitative estimate of drug-likeness (QED) is 0.714. The molecule has 1 aliphatic heterocycles. The second-order valence-corrected chi connectivity index (χ2v) is 4.50. The Kier molecular flexibility index (Phi) is 6.55. The number of carbonyl (C=O) groups excluding carboxylic acids is 1. The summed E-state index contributed by atoms with van der Waals surface area (Å²) in [4.78, 5) is 13.8. The van der Waals surface area contributed by atoms with Gasteiger partial charge in [-0.25, -0.2) is 4.79 Å². The van der Waals surface area contributed by atoms with Crippen LogP contribution in [0, 0.1) is 11.8 Å². The topological polar surface area (TPSA) is 53.6 Å². The molecule has 2 N–H and O–H groups in total. The first-order valence-electron chi connectivity index (χ1n) is 6.40. The zero-order valence-electron chi connectivity index (χ0n) is 11.5. The molecule has 0 aromatic heterocycles. The summed E-state index contributed by atoms with van der Waals surface area (Å²) in [7, 11) is 0. The van der Waals surface area contributed by atoms with Gasteiger partial charge in [-0.1, -0.05) is 5.92 Å². The fourth-order valence-corrected chi connectivity index (χ4v) is 2.03. The van der Waals surface area contributed by atoms with Crippen molar-refractivity contribution in [1.29, 1.82) is 0 Å². The Bertz CT molecular complexity index is 322. The van der Waals surface area contributed by atoms with Gasteiger partial charge in [-0.3, -0.25) is 4.90 Å². The van der Waals surface area contributed by atoms with E-state index in [4.69, 9.17) is 4.74 Å². The van der Waals surface area contributed by atoms with Crippen LogP contribution < -0.4 is 10.6 Å². The number of carbonyl (C=O) groups is 1. The largest absolute Gasteiger partial charge is 0.379 e. The van der Waals surface area contributed by atoms with E-state index in [9.17, 15) is 4.79 Å². The third-order valence-corrected chi connectivity index (χ3v) is 3.06. The Morgan fingerprint density at radius 2 is 2.33 bits per heavy atom. The molecule has 0 aliphatic carbocycles. The summed E-state index contributed by atoms with van der Waals surface area (Å²) >= 11 is 0. The van der Waals surface area contributed by atoms with Gasteiger partial charge in [0.2, 0.25) is 0 Å². The van der Waals surface area contributed by atoms with Crippen molar-refractivity contribution in [3.8, 4) is 11.8 Å². The molecule has 0 bridgehead atoms. The lowest BCUT2D eigenvalue weighted by atomic mass is 10.2. The minimum atomic E-state index is -0.162. The highest BCUT2D eigenvalue weighted by molar-refractivity contribution is 5.74. The van der Waals surface area contributed by atoms with Gasteiger partial charge in [0.25, 0.3) is 0 Å². The van der Waals surface area contributed by atoms with Crippen molar-refractivity contribution in [2.75, 3.05) is 32.8 Å². The van der Waals surface area contributed by atoms with Gasteiger partial charge in [0.1, 0.15) is 0 Å². The first-order chi connectivity index (χ1) is 8.65. The fraction of sp³-hybridized carbons (Fsp3) is 0.769. The molecular weight excluding hydrogens is 230 g/mol. The van der Waals surface area contributed by atoms with Gasteiger partial charge in [-0.2, -0.15) is 0 Å². The lowest BCUT2D eigenvalue weighted by Gasteiger charge is -2.37. The number of hydrogen-bond donors (Lipinski definition) is 2. The van der Waals surface area contributed by atoms with E-state index in [-0.39, 0.29) is 6.03 Å². The molecule has 2 amide bonds. The molecule has 1 saturated heterocycles. The molecule has 0 spiro atoms. The second kappa shape index (κ2) is 7.96. The van der Waals surface area contributed by atoms with Crippen molar-refractivity contribution < 1.29 is 9.53 Å². The maximum absolute atomic E-state index is 11.5. The summed E-state index contributed by atoms with van der Waals surface area (Å²) in [5.41, 5.74) is 0. The van der Waals surface area contributed by atoms with Gasteiger partial charge in [-0.05, 0) is 20.8 Å². The number of nitrogens with one attached hydrogen (secondary N) is 2. The van der Waals surface area contributed by atoms with Crippen molar-refractivity contribution in [2.24, 2.45) is 0 Å². The molecule has 1 fully saturated rings. The zero-order chi connectivity index (χ0) is 13.4. The Morgan fingerprint density at radius 3 is 3.00 bits per heavy atom. The van der Waals surface area contributed by atoms with Gasteiger partial charge >= 0.3 is 6.03 Å². The van der Waals surface area contributed by atoms with Crippen molar-refractivity contribution >= 4 is 6.03 Å². The molecule has 5 heteroatoms. The van der Waals surface area contributed by atoms with Crippen LogP contribution in [0.1, 0.15) is 20.8 Å². The van der Waals surface area contributed by atoms with Crippen LogP contribution in [-0.2, 0) is 4.74 Å². The summed E-state index contributed by atoms with van der Waals surface area (Å²) in [6, 6.07) is 0.557. The first kappa shape index (κ1) is 14.8. The van der Waals surface area contributed by atoms with Crippen LogP contribution in [0.25, 0.3) is 0 Å². The van der Waals surface area contributed by atoms with Crippen LogP contribution >= 0.6 is 0 Å². The molecule has 18 heavy (non-hydrogen) atoms. The van der Waals surface area contributed by atoms with Gasteiger partial charge in [0, 0.05) is 25.2 Å². The molecule has 102 valence electrons. The van der Waals surface area contributed by atoms with Crippen LogP contribution in [0.4, 0.5) is 4.79 Å². The summed E-state index contributed by atoms with van der Waals surface area (Å²) in [6.45, 7) is 9.50. The van der Waals surface area contributed by atoms with Crippen LogP contribution in [0.2, 0.25) is 0 Å². The minimum Gasteiger partial charge on any atom is -0.379 e. The standard InChI is InChI=1S/C13H23N3O2/c1-4-5-6-14-13(17)15-9-11(2)16-7-8-18-10-12(16)3/h11-12H,6-10H2,1-3H3,(H2,14,15,17). The second-order valence-electron chi connectivity index (χ2n) is 4.50. The Balaban J connectivity index is 2.24. The highest BCUT2D eigenvalue weighted by Crippen LogP contribution is 2.09. The summed E-state index contributed by atoms with van der Waals surface area (Å²) in [6.07, 6.45) is 0. The third-order valence-electron chi connectivity index (χ3n) is 3.06. The SMILES string of the molecule is CC#CCNC(=O)NCC(C)N1CCOCC1C. The van der Waals surface area contributed by atoms with Gasteiger partial charge in [0.15, 0.2) is 0 Å². The van der Waals surface area contributed by atoms with E-state index in [1.54, 1.807) is 6.92 Å². The van der Waals surface area contributed by atoms with Gasteiger partial charge < -0.3 is 15.4 Å². The van der Waals surface area contributed by atoms with Crippen LogP contribution in [-0.4, -0.2) is 55.9 Å². The molecule has 5 nitrogen and oxygen atoms in total. The van der Waals surface area contributed by atoms with Crippen molar-refractivity contribution in [3.05, 3.63) is 0 Å². The number of hydrogen-bond acceptors (Lipinski definition) is 3. The molecule has 0 aromatic rings. The molecule has 2 unspecified atom stereocenters. The number of morpholine rings is 1. The Hall–Kier alpha value is -1.25. The number of amides is 2. The maximum atomic E-state index is 11.5. The van der Waals surface area contributed by atoms with Crippen molar-refractivity contribution in [2.45, 2.75) is 32.9 Å². The summed E-state index contributed by atoms with van der Waals surface area (Å²) in [5.74, 6) is 5.52. The first-order valence-corrected chi connectivity index (χ1v) is 6.40. The number of rotatable bonds is 4. The van der Waals surface area contributed by atoms with Crippen LogP contribution in [0.5, 0.6) is 0 Å². The van der Waals surface area contributed by atoms with E-state index >= 15 is 0 Å². The molecular formula is C13H23N3O2. The van der Waals surface area contributed by atoms with E-state index in [2.05, 4.69) is 41.2 Å². The van der Waals surface area contributed by atoms with E-state index < -0.39 is 0 Å². The fourth-order valence-electron chi connectivity index (χ4n) is 2.03. The highest BCUT2D eigenvalue weighted by atomic mass is 16.5. The van der Waals surface area contributed by atoms with E-state index in [1.807, 2.05) is 0 Å².